The molecule has 1 saturated carbocycles. The van der Waals surface area contributed by atoms with E-state index in [-0.39, 0.29) is 17.6 Å². The molecule has 0 aliphatic heterocycles. The molecule has 1 amide bonds. The first-order valence-corrected chi connectivity index (χ1v) is 6.84. The van der Waals surface area contributed by atoms with Crippen molar-refractivity contribution in [1.82, 2.24) is 0 Å². The fraction of sp³-hybridized carbons (Fsp3) is 0.533. The molecule has 19 heavy (non-hydrogen) atoms. The largest absolute Gasteiger partial charge is 0.507 e. The van der Waals surface area contributed by atoms with E-state index in [9.17, 15) is 9.90 Å². The Morgan fingerprint density at radius 3 is 2.84 bits per heavy atom. The van der Waals surface area contributed by atoms with Crippen LogP contribution in [0, 0.1) is 25.7 Å². The monoisotopic (exact) mass is 262 g/mol. The molecule has 1 aliphatic carbocycles. The van der Waals surface area contributed by atoms with Gasteiger partial charge in [-0.1, -0.05) is 12.5 Å². The number of nitrogens with two attached hydrogens (primary N) is 1. The zero-order valence-corrected chi connectivity index (χ0v) is 11.6. The van der Waals surface area contributed by atoms with Crippen LogP contribution >= 0.6 is 0 Å². The van der Waals surface area contributed by atoms with Gasteiger partial charge >= 0.3 is 0 Å². The molecular weight excluding hydrogens is 240 g/mol. The smallest absolute Gasteiger partial charge is 0.227 e. The first-order chi connectivity index (χ1) is 9.04. The van der Waals surface area contributed by atoms with Crippen LogP contribution in [0.15, 0.2) is 12.1 Å². The number of nitrogens with one attached hydrogen (secondary N) is 1. The van der Waals surface area contributed by atoms with Crippen LogP contribution in [-0.4, -0.2) is 17.6 Å². The number of carbonyl (C=O) groups is 1. The van der Waals surface area contributed by atoms with E-state index in [2.05, 4.69) is 5.32 Å². The minimum Gasteiger partial charge on any atom is -0.507 e. The van der Waals surface area contributed by atoms with Crippen molar-refractivity contribution < 1.29 is 9.90 Å². The molecule has 4 nitrogen and oxygen atoms in total. The Labute approximate surface area is 114 Å². The molecule has 0 aromatic heterocycles. The zero-order chi connectivity index (χ0) is 14.0. The number of benzene rings is 1. The van der Waals surface area contributed by atoms with Crippen LogP contribution in [-0.2, 0) is 4.79 Å². The van der Waals surface area contributed by atoms with Gasteiger partial charge in [0.05, 0.1) is 0 Å². The van der Waals surface area contributed by atoms with Crippen molar-refractivity contribution in [3.05, 3.63) is 23.3 Å². The van der Waals surface area contributed by atoms with Crippen LogP contribution < -0.4 is 11.1 Å². The first kappa shape index (κ1) is 13.9. The second-order valence-corrected chi connectivity index (χ2v) is 5.43. The van der Waals surface area contributed by atoms with Gasteiger partial charge in [0.1, 0.15) is 5.75 Å². The summed E-state index contributed by atoms with van der Waals surface area (Å²) in [5.74, 6) is 0.575. The van der Waals surface area contributed by atoms with E-state index < -0.39 is 0 Å². The zero-order valence-electron chi connectivity index (χ0n) is 11.6. The quantitative estimate of drug-likeness (QED) is 0.782. The van der Waals surface area contributed by atoms with E-state index in [4.69, 9.17) is 5.73 Å². The Bertz CT molecular complexity index is 485. The summed E-state index contributed by atoms with van der Waals surface area (Å²) >= 11 is 0. The van der Waals surface area contributed by atoms with E-state index in [1.54, 1.807) is 0 Å². The molecule has 0 heterocycles. The Morgan fingerprint density at radius 2 is 2.16 bits per heavy atom. The first-order valence-electron chi connectivity index (χ1n) is 6.84. The number of hydrogen-bond acceptors (Lipinski definition) is 3. The van der Waals surface area contributed by atoms with Crippen molar-refractivity contribution in [2.75, 3.05) is 11.9 Å². The third-order valence-electron chi connectivity index (χ3n) is 4.19. The molecule has 0 spiro atoms. The molecule has 1 aliphatic rings. The van der Waals surface area contributed by atoms with Gasteiger partial charge in [-0.15, -0.1) is 0 Å². The minimum atomic E-state index is 0.00726. The predicted octanol–water partition coefficient (Wildman–Crippen LogP) is 2.32. The maximum atomic E-state index is 12.3. The lowest BCUT2D eigenvalue weighted by Crippen LogP contribution is -2.29. The average Bonchev–Trinajstić information content (AvgIpc) is 2.88. The van der Waals surface area contributed by atoms with E-state index >= 15 is 0 Å². The van der Waals surface area contributed by atoms with Crippen molar-refractivity contribution in [3.8, 4) is 5.75 Å². The van der Waals surface area contributed by atoms with Gasteiger partial charge in [0, 0.05) is 17.2 Å². The minimum absolute atomic E-state index is 0.00726. The summed E-state index contributed by atoms with van der Waals surface area (Å²) in [6.45, 7) is 4.22. The topological polar surface area (TPSA) is 75.4 Å². The molecule has 0 radical (unpaired) electrons. The third kappa shape index (κ3) is 2.73. The van der Waals surface area contributed by atoms with Gasteiger partial charge < -0.3 is 16.2 Å². The van der Waals surface area contributed by atoms with Gasteiger partial charge in [0.25, 0.3) is 0 Å². The van der Waals surface area contributed by atoms with Crippen LogP contribution in [0.5, 0.6) is 5.75 Å². The summed E-state index contributed by atoms with van der Waals surface area (Å²) in [5.41, 5.74) is 7.93. The maximum absolute atomic E-state index is 12.3. The number of phenols is 1. The van der Waals surface area contributed by atoms with Crippen molar-refractivity contribution in [1.29, 1.82) is 0 Å². The highest BCUT2D eigenvalue weighted by atomic mass is 16.3. The molecule has 0 bridgehead atoms. The molecule has 104 valence electrons. The highest BCUT2D eigenvalue weighted by Gasteiger charge is 2.32. The molecule has 1 fully saturated rings. The van der Waals surface area contributed by atoms with Crippen LogP contribution in [0.2, 0.25) is 0 Å². The Kier molecular flexibility index (Phi) is 4.10. The standard InChI is InChI=1S/C15H22N2O2/c1-9-6-7-13(10(2)14(9)18)17-15(19)12-5-3-4-11(12)8-16/h6-7,11-12,18H,3-5,8,16H2,1-2H3,(H,17,19). The van der Waals surface area contributed by atoms with Crippen LogP contribution in [0.4, 0.5) is 5.69 Å². The molecule has 1 aromatic rings. The van der Waals surface area contributed by atoms with E-state index in [1.165, 1.54) is 0 Å². The fourth-order valence-electron chi connectivity index (χ4n) is 2.86. The lowest BCUT2D eigenvalue weighted by molar-refractivity contribution is -0.120. The summed E-state index contributed by atoms with van der Waals surface area (Å²) in [6, 6.07) is 3.65. The van der Waals surface area contributed by atoms with Crippen molar-refractivity contribution in [2.45, 2.75) is 33.1 Å². The number of anilines is 1. The number of amides is 1. The number of aromatic hydroxyl groups is 1. The number of phenolic OH excluding ortho intramolecular Hbond substituents is 1. The number of rotatable bonds is 3. The van der Waals surface area contributed by atoms with Crippen LogP contribution in [0.1, 0.15) is 30.4 Å². The van der Waals surface area contributed by atoms with Gasteiger partial charge in [-0.3, -0.25) is 4.79 Å². The SMILES string of the molecule is Cc1ccc(NC(=O)C2CCCC2CN)c(C)c1O. The number of aryl methyl sites for hydroxylation is 1. The van der Waals surface area contributed by atoms with Crippen LogP contribution in [0.3, 0.4) is 0 Å². The van der Waals surface area contributed by atoms with Crippen molar-refractivity contribution in [3.63, 3.8) is 0 Å². The summed E-state index contributed by atoms with van der Waals surface area (Å²) in [6.07, 6.45) is 3.01. The highest BCUT2D eigenvalue weighted by Crippen LogP contribution is 2.33. The molecular formula is C15H22N2O2. The lowest BCUT2D eigenvalue weighted by atomic mass is 9.95. The molecule has 2 unspecified atom stereocenters. The van der Waals surface area contributed by atoms with Crippen LogP contribution in [0.25, 0.3) is 0 Å². The summed E-state index contributed by atoms with van der Waals surface area (Å²) in [4.78, 5) is 12.3. The molecule has 4 heteroatoms. The average molecular weight is 262 g/mol. The van der Waals surface area contributed by atoms with E-state index in [0.29, 0.717) is 18.2 Å². The summed E-state index contributed by atoms with van der Waals surface area (Å²) in [5, 5.41) is 12.8. The number of hydrogen-bond donors (Lipinski definition) is 3. The lowest BCUT2D eigenvalue weighted by Gasteiger charge is -2.18. The summed E-state index contributed by atoms with van der Waals surface area (Å²) < 4.78 is 0. The molecule has 2 atom stereocenters. The van der Waals surface area contributed by atoms with Gasteiger partial charge in [0.2, 0.25) is 5.91 Å². The Hall–Kier alpha value is -1.55. The van der Waals surface area contributed by atoms with Gasteiger partial charge in [0.15, 0.2) is 0 Å². The number of carbonyl (C=O) groups excluding carboxylic acids is 1. The van der Waals surface area contributed by atoms with Gasteiger partial charge in [-0.25, -0.2) is 0 Å². The molecule has 4 N–H and O–H groups in total. The molecule has 1 aromatic carbocycles. The summed E-state index contributed by atoms with van der Waals surface area (Å²) in [7, 11) is 0. The highest BCUT2D eigenvalue weighted by molar-refractivity contribution is 5.94. The maximum Gasteiger partial charge on any atom is 0.227 e. The molecule has 2 rings (SSSR count). The van der Waals surface area contributed by atoms with Gasteiger partial charge in [-0.05, 0) is 50.8 Å². The molecule has 0 saturated heterocycles. The third-order valence-corrected chi connectivity index (χ3v) is 4.19. The second-order valence-electron chi connectivity index (χ2n) is 5.43. The van der Waals surface area contributed by atoms with Gasteiger partial charge in [-0.2, -0.15) is 0 Å². The van der Waals surface area contributed by atoms with Crippen molar-refractivity contribution in [2.24, 2.45) is 17.6 Å². The Balaban J connectivity index is 2.13. The normalized spacial score (nSPS) is 22.5. The second kappa shape index (κ2) is 5.61. The van der Waals surface area contributed by atoms with E-state index in [0.717, 1.165) is 30.4 Å². The Morgan fingerprint density at radius 1 is 1.42 bits per heavy atom. The predicted molar refractivity (Wildman–Crippen MR) is 76.1 cm³/mol. The fourth-order valence-corrected chi connectivity index (χ4v) is 2.86. The van der Waals surface area contributed by atoms with Crippen molar-refractivity contribution >= 4 is 11.6 Å². The van der Waals surface area contributed by atoms with E-state index in [1.807, 2.05) is 26.0 Å².